The number of nitrogens with two attached hydrogens (primary N) is 1. The van der Waals surface area contributed by atoms with E-state index in [0.717, 1.165) is 6.42 Å². The molecule has 1 aromatic carbocycles. The van der Waals surface area contributed by atoms with E-state index >= 15 is 0 Å². The highest BCUT2D eigenvalue weighted by atomic mass is 35.5. The molecule has 0 fully saturated rings. The van der Waals surface area contributed by atoms with Crippen molar-refractivity contribution in [2.75, 3.05) is 11.5 Å². The van der Waals surface area contributed by atoms with E-state index in [1.165, 1.54) is 0 Å². The van der Waals surface area contributed by atoms with E-state index in [4.69, 9.17) is 17.3 Å². The monoisotopic (exact) mass is 302 g/mol. The lowest BCUT2D eigenvalue weighted by Gasteiger charge is -2.24. The van der Waals surface area contributed by atoms with Crippen molar-refractivity contribution in [3.8, 4) is 0 Å². The first kappa shape index (κ1) is 16.0. The van der Waals surface area contributed by atoms with E-state index in [-0.39, 0.29) is 17.2 Å². The Morgan fingerprint density at radius 1 is 1.47 bits per heavy atom. The zero-order chi connectivity index (χ0) is 14.6. The number of anilines is 1. The minimum atomic E-state index is -1.54. The van der Waals surface area contributed by atoms with Gasteiger partial charge in [-0.15, -0.1) is 0 Å². The second kappa shape index (κ2) is 6.39. The molecule has 1 aromatic rings. The lowest BCUT2D eigenvalue weighted by molar-refractivity contribution is -0.120. The molecule has 0 aliphatic carbocycles. The van der Waals surface area contributed by atoms with Crippen LogP contribution >= 0.6 is 11.6 Å². The summed E-state index contributed by atoms with van der Waals surface area (Å²) < 4.78 is 12.2. The number of halogens is 1. The smallest absolute Gasteiger partial charge is 0.233 e. The van der Waals surface area contributed by atoms with Gasteiger partial charge in [-0.1, -0.05) is 24.6 Å². The third kappa shape index (κ3) is 4.51. The Labute approximate surface area is 121 Å². The highest BCUT2D eigenvalue weighted by Crippen LogP contribution is 2.25. The fourth-order valence-corrected chi connectivity index (χ4v) is 2.97. The normalized spacial score (nSPS) is 13.1. The summed E-state index contributed by atoms with van der Waals surface area (Å²) in [6.07, 6.45) is 0.791. The van der Waals surface area contributed by atoms with Gasteiger partial charge in [0.1, 0.15) is 5.75 Å². The zero-order valence-electron chi connectivity index (χ0n) is 11.3. The van der Waals surface area contributed by atoms with Crippen molar-refractivity contribution in [2.24, 2.45) is 0 Å². The lowest BCUT2D eigenvalue weighted by atomic mass is 10.0. The van der Waals surface area contributed by atoms with Gasteiger partial charge >= 0.3 is 0 Å². The SMILES string of the molecule is CCC(C)(C)NC(=O)CS(=O)c1c(N)cccc1Cl. The van der Waals surface area contributed by atoms with E-state index in [9.17, 15) is 9.00 Å². The molecule has 1 unspecified atom stereocenters. The van der Waals surface area contributed by atoms with E-state index in [1.807, 2.05) is 20.8 Å². The van der Waals surface area contributed by atoms with Crippen LogP contribution in [0.15, 0.2) is 23.1 Å². The van der Waals surface area contributed by atoms with Crippen molar-refractivity contribution >= 4 is 34.0 Å². The van der Waals surface area contributed by atoms with Gasteiger partial charge in [-0.2, -0.15) is 0 Å². The van der Waals surface area contributed by atoms with E-state index < -0.39 is 10.8 Å². The van der Waals surface area contributed by atoms with E-state index in [2.05, 4.69) is 5.32 Å². The quantitative estimate of drug-likeness (QED) is 0.820. The van der Waals surface area contributed by atoms with Gasteiger partial charge < -0.3 is 11.1 Å². The van der Waals surface area contributed by atoms with Crippen LogP contribution in [0.2, 0.25) is 5.02 Å². The molecule has 0 aliphatic heterocycles. The number of amides is 1. The Hall–Kier alpha value is -1.07. The van der Waals surface area contributed by atoms with Crippen LogP contribution < -0.4 is 11.1 Å². The second-order valence-corrected chi connectivity index (χ2v) is 6.73. The molecule has 1 rings (SSSR count). The first-order valence-corrected chi connectivity index (χ1v) is 7.70. The van der Waals surface area contributed by atoms with Crippen LogP contribution in [0.25, 0.3) is 0 Å². The molecule has 0 saturated carbocycles. The fourth-order valence-electron chi connectivity index (χ4n) is 1.46. The van der Waals surface area contributed by atoms with Gasteiger partial charge in [0.05, 0.1) is 20.7 Å². The Morgan fingerprint density at radius 3 is 2.63 bits per heavy atom. The maximum absolute atomic E-state index is 12.2. The maximum atomic E-state index is 12.2. The second-order valence-electron chi connectivity index (χ2n) is 4.93. The summed E-state index contributed by atoms with van der Waals surface area (Å²) in [4.78, 5) is 12.2. The molecule has 0 saturated heterocycles. The van der Waals surface area contributed by atoms with E-state index in [1.54, 1.807) is 18.2 Å². The van der Waals surface area contributed by atoms with Crippen LogP contribution in [-0.2, 0) is 15.6 Å². The predicted molar refractivity (Wildman–Crippen MR) is 79.7 cm³/mol. The molecule has 4 nitrogen and oxygen atoms in total. The van der Waals surface area contributed by atoms with Crippen molar-refractivity contribution < 1.29 is 9.00 Å². The Kier molecular flexibility index (Phi) is 5.38. The van der Waals surface area contributed by atoms with Crippen LogP contribution in [0.5, 0.6) is 0 Å². The molecule has 0 radical (unpaired) electrons. The number of carbonyl (C=O) groups excluding carboxylic acids is 1. The molecule has 3 N–H and O–H groups in total. The molecular weight excluding hydrogens is 284 g/mol. The molecule has 1 atom stereocenters. The Balaban J connectivity index is 2.78. The number of hydrogen-bond acceptors (Lipinski definition) is 3. The number of nitrogens with one attached hydrogen (secondary N) is 1. The number of benzene rings is 1. The van der Waals surface area contributed by atoms with Crippen molar-refractivity contribution in [3.05, 3.63) is 23.2 Å². The minimum absolute atomic E-state index is 0.142. The third-order valence-electron chi connectivity index (χ3n) is 2.85. The third-order valence-corrected chi connectivity index (χ3v) is 4.71. The Morgan fingerprint density at radius 2 is 2.11 bits per heavy atom. The number of hydrogen-bond donors (Lipinski definition) is 2. The molecule has 0 spiro atoms. The van der Waals surface area contributed by atoms with Crippen LogP contribution in [0.4, 0.5) is 5.69 Å². The lowest BCUT2D eigenvalue weighted by Crippen LogP contribution is -2.44. The molecule has 106 valence electrons. The van der Waals surface area contributed by atoms with Crippen molar-refractivity contribution in [1.29, 1.82) is 0 Å². The van der Waals surface area contributed by atoms with Gasteiger partial charge in [0, 0.05) is 11.2 Å². The summed E-state index contributed by atoms with van der Waals surface area (Å²) in [5.74, 6) is -0.415. The summed E-state index contributed by atoms with van der Waals surface area (Å²) in [6.45, 7) is 5.80. The molecule has 0 heterocycles. The first-order valence-electron chi connectivity index (χ1n) is 6.00. The number of nitrogen functional groups attached to an aromatic ring is 1. The average Bonchev–Trinajstić information content (AvgIpc) is 2.27. The highest BCUT2D eigenvalue weighted by molar-refractivity contribution is 7.86. The van der Waals surface area contributed by atoms with Gasteiger partial charge in [0.15, 0.2) is 0 Å². The van der Waals surface area contributed by atoms with Crippen LogP contribution in [0.1, 0.15) is 27.2 Å². The van der Waals surface area contributed by atoms with Crippen molar-refractivity contribution in [1.82, 2.24) is 5.32 Å². The van der Waals surface area contributed by atoms with E-state index in [0.29, 0.717) is 15.6 Å². The van der Waals surface area contributed by atoms with Crippen LogP contribution in [-0.4, -0.2) is 21.4 Å². The molecule has 0 aromatic heterocycles. The summed E-state index contributed by atoms with van der Waals surface area (Å²) in [5.41, 5.74) is 5.77. The zero-order valence-corrected chi connectivity index (χ0v) is 12.9. The van der Waals surface area contributed by atoms with Crippen LogP contribution in [0.3, 0.4) is 0 Å². The predicted octanol–water partition coefficient (Wildman–Crippen LogP) is 2.33. The summed E-state index contributed by atoms with van der Waals surface area (Å²) >= 11 is 5.96. The molecule has 0 aliphatic rings. The van der Waals surface area contributed by atoms with Gasteiger partial charge in [-0.25, -0.2) is 0 Å². The standard InChI is InChI=1S/C13H19ClN2O2S/c1-4-13(2,3)16-11(17)8-19(18)12-9(14)6-5-7-10(12)15/h5-7H,4,8,15H2,1-3H3,(H,16,17). The van der Waals surface area contributed by atoms with Gasteiger partial charge in [0.2, 0.25) is 5.91 Å². The van der Waals surface area contributed by atoms with Crippen LogP contribution in [0, 0.1) is 0 Å². The Bertz CT molecular complexity index is 483. The number of carbonyl (C=O) groups is 1. The molecule has 0 bridgehead atoms. The topological polar surface area (TPSA) is 72.2 Å². The number of rotatable bonds is 5. The van der Waals surface area contributed by atoms with Gasteiger partial charge in [-0.3, -0.25) is 9.00 Å². The molecular formula is C13H19ClN2O2S. The van der Waals surface area contributed by atoms with Crippen molar-refractivity contribution in [3.63, 3.8) is 0 Å². The minimum Gasteiger partial charge on any atom is -0.398 e. The highest BCUT2D eigenvalue weighted by Gasteiger charge is 2.21. The van der Waals surface area contributed by atoms with Gasteiger partial charge in [0.25, 0.3) is 0 Å². The maximum Gasteiger partial charge on any atom is 0.233 e. The first-order chi connectivity index (χ1) is 8.76. The molecule has 19 heavy (non-hydrogen) atoms. The fraction of sp³-hybridized carbons (Fsp3) is 0.462. The van der Waals surface area contributed by atoms with Crippen molar-refractivity contribution in [2.45, 2.75) is 37.6 Å². The largest absolute Gasteiger partial charge is 0.398 e. The average molecular weight is 303 g/mol. The summed E-state index contributed by atoms with van der Waals surface area (Å²) in [7, 11) is -1.54. The molecule has 6 heteroatoms. The molecule has 1 amide bonds. The summed E-state index contributed by atoms with van der Waals surface area (Å²) in [6, 6.07) is 4.91. The summed E-state index contributed by atoms with van der Waals surface area (Å²) in [5, 5.41) is 3.15. The van der Waals surface area contributed by atoms with Gasteiger partial charge in [-0.05, 0) is 32.4 Å².